The number of hydrogen-bond acceptors (Lipinski definition) is 7. The van der Waals surface area contributed by atoms with Crippen molar-refractivity contribution >= 4 is 21.7 Å². The van der Waals surface area contributed by atoms with Gasteiger partial charge in [-0.25, -0.2) is 8.42 Å². The Labute approximate surface area is 143 Å². The summed E-state index contributed by atoms with van der Waals surface area (Å²) in [7, 11) is -4.10. The van der Waals surface area contributed by atoms with Crippen molar-refractivity contribution in [3.05, 3.63) is 12.2 Å². The first kappa shape index (κ1) is 18.1. The Balaban J connectivity index is 0.00000220. The number of nitriles is 1. The zero-order valence-corrected chi connectivity index (χ0v) is 14.2. The SMILES string of the molecule is C[C@]1(/C=C\C#N)[C@H](C(=O)[O-])N2C(=O)[C@@H](CO)[C@H]2S1(=O)=O.[Na+]. The third-order valence-electron chi connectivity index (χ3n) is 3.85. The van der Waals surface area contributed by atoms with E-state index in [0.717, 1.165) is 19.1 Å². The topological polar surface area (TPSA) is 139 Å². The van der Waals surface area contributed by atoms with Crippen LogP contribution in [0.25, 0.3) is 0 Å². The minimum atomic E-state index is -4.10. The van der Waals surface area contributed by atoms with Crippen LogP contribution in [0.5, 0.6) is 0 Å². The van der Waals surface area contributed by atoms with E-state index >= 15 is 0 Å². The molecule has 2 rings (SSSR count). The van der Waals surface area contributed by atoms with Gasteiger partial charge < -0.3 is 19.9 Å². The van der Waals surface area contributed by atoms with Crippen molar-refractivity contribution in [3.8, 4) is 6.07 Å². The summed E-state index contributed by atoms with van der Waals surface area (Å²) in [6.07, 6.45) is 1.81. The largest absolute Gasteiger partial charge is 1.00 e. The van der Waals surface area contributed by atoms with Crippen LogP contribution in [-0.4, -0.2) is 53.1 Å². The van der Waals surface area contributed by atoms with Crippen LogP contribution in [0.3, 0.4) is 0 Å². The number of nitrogens with zero attached hydrogens (tertiary/aromatic N) is 2. The van der Waals surface area contributed by atoms with E-state index in [1.54, 1.807) is 6.07 Å². The Hall–Kier alpha value is -0.920. The molecule has 2 aliphatic rings. The molecule has 2 fully saturated rings. The number of rotatable bonds is 3. The number of aliphatic carboxylic acids is 1. The molecule has 0 spiro atoms. The van der Waals surface area contributed by atoms with Crippen LogP contribution in [0.15, 0.2) is 12.2 Å². The first-order chi connectivity index (χ1) is 9.24. The monoisotopic (exact) mass is 322 g/mol. The van der Waals surface area contributed by atoms with Crippen LogP contribution in [-0.2, 0) is 19.4 Å². The molecule has 0 aromatic carbocycles. The van der Waals surface area contributed by atoms with Crippen LogP contribution < -0.4 is 34.7 Å². The first-order valence-corrected chi connectivity index (χ1v) is 7.23. The van der Waals surface area contributed by atoms with Gasteiger partial charge in [-0.2, -0.15) is 5.26 Å². The van der Waals surface area contributed by atoms with E-state index in [-0.39, 0.29) is 29.6 Å². The van der Waals surface area contributed by atoms with Gasteiger partial charge in [0.25, 0.3) is 0 Å². The van der Waals surface area contributed by atoms with E-state index in [2.05, 4.69) is 0 Å². The van der Waals surface area contributed by atoms with Gasteiger partial charge in [0.05, 0.1) is 30.6 Å². The molecular formula is C11H11N2NaO6S. The van der Waals surface area contributed by atoms with Crippen molar-refractivity contribution in [2.75, 3.05) is 6.61 Å². The predicted octanol–water partition coefficient (Wildman–Crippen LogP) is -5.85. The molecule has 2 aliphatic heterocycles. The average Bonchev–Trinajstić information content (AvgIpc) is 2.52. The van der Waals surface area contributed by atoms with Crippen molar-refractivity contribution in [3.63, 3.8) is 0 Å². The summed E-state index contributed by atoms with van der Waals surface area (Å²) in [5, 5.41) is 27.4. The van der Waals surface area contributed by atoms with Gasteiger partial charge in [0, 0.05) is 6.08 Å². The van der Waals surface area contributed by atoms with Crippen LogP contribution in [0.1, 0.15) is 6.92 Å². The van der Waals surface area contributed by atoms with Gasteiger partial charge >= 0.3 is 29.6 Å². The Kier molecular flexibility index (Phi) is 4.92. The molecule has 8 nitrogen and oxygen atoms in total. The molecule has 0 radical (unpaired) electrons. The molecule has 2 saturated heterocycles. The molecular weight excluding hydrogens is 311 g/mol. The van der Waals surface area contributed by atoms with Gasteiger partial charge in [0.1, 0.15) is 10.1 Å². The molecule has 1 N–H and O–H groups in total. The summed E-state index contributed by atoms with van der Waals surface area (Å²) in [5.41, 5.74) is 0. The van der Waals surface area contributed by atoms with E-state index < -0.39 is 50.4 Å². The minimum absolute atomic E-state index is 0. The normalized spacial score (nSPS) is 36.5. The second kappa shape index (κ2) is 5.70. The molecule has 108 valence electrons. The standard InChI is InChI=1S/C11H12N2O6S.Na/c1-11(3-2-4-12)7(10(16)17)13-8(15)6(5-14)9(13)20(11,18)19;/h2-3,6-7,9,14H,5H2,1H3,(H,16,17);/q;+1/p-1/b3-2-;/t6-,7+,9-,11+;/m1./s1. The number of β-lactam (4-membered cyclic amide) rings is 1. The number of carboxylic acids is 1. The summed E-state index contributed by atoms with van der Waals surface area (Å²) in [6, 6.07) is -0.118. The third kappa shape index (κ3) is 2.13. The van der Waals surface area contributed by atoms with Gasteiger partial charge in [-0.05, 0) is 6.92 Å². The number of amides is 1. The summed E-state index contributed by atoms with van der Waals surface area (Å²) >= 11 is 0. The molecule has 0 aromatic heterocycles. The van der Waals surface area contributed by atoms with Crippen LogP contribution in [0.2, 0.25) is 0 Å². The van der Waals surface area contributed by atoms with E-state index in [1.165, 1.54) is 0 Å². The predicted molar refractivity (Wildman–Crippen MR) is 62.1 cm³/mol. The van der Waals surface area contributed by atoms with Gasteiger partial charge in [0.15, 0.2) is 9.84 Å². The van der Waals surface area contributed by atoms with E-state index in [4.69, 9.17) is 10.4 Å². The quantitative estimate of drug-likeness (QED) is 0.310. The average molecular weight is 322 g/mol. The molecule has 0 aromatic rings. The smallest absolute Gasteiger partial charge is 0.548 e. The Bertz CT molecular complexity index is 654. The minimum Gasteiger partial charge on any atom is -0.548 e. The van der Waals surface area contributed by atoms with Crippen LogP contribution in [0.4, 0.5) is 0 Å². The van der Waals surface area contributed by atoms with Crippen LogP contribution >= 0.6 is 0 Å². The number of sulfone groups is 1. The fraction of sp³-hybridized carbons (Fsp3) is 0.545. The van der Waals surface area contributed by atoms with Crippen molar-refractivity contribution in [1.82, 2.24) is 4.90 Å². The number of hydrogen-bond donors (Lipinski definition) is 1. The third-order valence-corrected chi connectivity index (χ3v) is 6.63. The number of fused-ring (bicyclic) bond motifs is 1. The van der Waals surface area contributed by atoms with E-state index in [0.29, 0.717) is 4.90 Å². The summed E-state index contributed by atoms with van der Waals surface area (Å²) in [6.45, 7) is 0.438. The first-order valence-electron chi connectivity index (χ1n) is 5.68. The molecule has 0 aliphatic carbocycles. The summed E-state index contributed by atoms with van der Waals surface area (Å²) < 4.78 is 23.0. The maximum absolute atomic E-state index is 12.5. The zero-order chi connectivity index (χ0) is 15.3. The maximum atomic E-state index is 12.5. The molecule has 0 unspecified atom stereocenters. The molecule has 1 amide bonds. The van der Waals surface area contributed by atoms with Gasteiger partial charge in [-0.3, -0.25) is 4.79 Å². The van der Waals surface area contributed by atoms with Crippen molar-refractivity contribution in [2.45, 2.75) is 23.1 Å². The Morgan fingerprint density at radius 2 is 2.19 bits per heavy atom. The second-order valence-corrected chi connectivity index (χ2v) is 7.29. The summed E-state index contributed by atoms with van der Waals surface area (Å²) in [5.74, 6) is -3.63. The molecule has 0 saturated carbocycles. The number of aliphatic hydroxyl groups excluding tert-OH is 1. The maximum Gasteiger partial charge on any atom is 1.00 e. The second-order valence-electron chi connectivity index (χ2n) is 4.84. The fourth-order valence-corrected chi connectivity index (χ4v) is 5.25. The van der Waals surface area contributed by atoms with Gasteiger partial charge in [-0.1, -0.05) is 6.08 Å². The number of carbonyl (C=O) groups excluding carboxylic acids is 2. The number of carbonyl (C=O) groups is 2. The number of aliphatic hydroxyl groups is 1. The van der Waals surface area contributed by atoms with Crippen LogP contribution in [0, 0.1) is 17.2 Å². The molecule has 0 bridgehead atoms. The molecule has 4 atom stereocenters. The van der Waals surface area contributed by atoms with E-state index in [9.17, 15) is 23.1 Å². The van der Waals surface area contributed by atoms with Gasteiger partial charge in [0.2, 0.25) is 5.91 Å². The number of carboxylic acid groups (broad SMARTS) is 1. The summed E-state index contributed by atoms with van der Waals surface area (Å²) in [4.78, 5) is 23.7. The van der Waals surface area contributed by atoms with E-state index in [1.807, 2.05) is 0 Å². The molecule has 21 heavy (non-hydrogen) atoms. The zero-order valence-electron chi connectivity index (χ0n) is 11.4. The molecule has 2 heterocycles. The van der Waals surface area contributed by atoms with Gasteiger partial charge in [-0.15, -0.1) is 0 Å². The Morgan fingerprint density at radius 1 is 1.62 bits per heavy atom. The number of allylic oxidation sites excluding steroid dienone is 1. The van der Waals surface area contributed by atoms with Crippen molar-refractivity contribution < 1.29 is 57.8 Å². The molecule has 10 heteroatoms. The van der Waals surface area contributed by atoms with Crippen molar-refractivity contribution in [2.24, 2.45) is 5.92 Å². The van der Waals surface area contributed by atoms with Crippen molar-refractivity contribution in [1.29, 1.82) is 5.26 Å². The Morgan fingerprint density at radius 3 is 2.62 bits per heavy atom. The fourth-order valence-electron chi connectivity index (χ4n) is 2.79.